The maximum absolute atomic E-state index is 2.37. The molecule has 0 N–H and O–H groups in total. The van der Waals surface area contributed by atoms with Crippen LogP contribution in [0.2, 0.25) is 0 Å². The van der Waals surface area contributed by atoms with Gasteiger partial charge in [-0.05, 0) is 84.0 Å². The van der Waals surface area contributed by atoms with Gasteiger partial charge in [-0.1, -0.05) is 101 Å². The Labute approximate surface area is 320 Å². The lowest BCUT2D eigenvalue weighted by molar-refractivity contribution is 0.668. The molecule has 2 aromatic carbocycles. The first-order valence-corrected chi connectivity index (χ1v) is 23.1. The van der Waals surface area contributed by atoms with Crippen molar-refractivity contribution in [2.75, 3.05) is 0 Å². The van der Waals surface area contributed by atoms with Crippen molar-refractivity contribution < 1.29 is 0 Å². The summed E-state index contributed by atoms with van der Waals surface area (Å²) < 4.78 is 0. The average molecular weight is 763 g/mol. The molecule has 50 heavy (non-hydrogen) atoms. The summed E-state index contributed by atoms with van der Waals surface area (Å²) in [7, 11) is 0. The van der Waals surface area contributed by atoms with Crippen LogP contribution >= 0.6 is 68.0 Å². The predicted molar refractivity (Wildman–Crippen MR) is 232 cm³/mol. The fourth-order valence-corrected chi connectivity index (χ4v) is 14.2. The summed E-state index contributed by atoms with van der Waals surface area (Å²) in [6.07, 6.45) is 12.8. The van der Waals surface area contributed by atoms with E-state index in [4.69, 9.17) is 0 Å². The summed E-state index contributed by atoms with van der Waals surface area (Å²) in [5.74, 6) is 0. The molecule has 0 bridgehead atoms. The van der Waals surface area contributed by atoms with Crippen molar-refractivity contribution in [2.45, 2.75) is 78.1 Å². The van der Waals surface area contributed by atoms with E-state index in [0.29, 0.717) is 0 Å². The molecule has 6 heterocycles. The van der Waals surface area contributed by atoms with Crippen molar-refractivity contribution in [2.24, 2.45) is 0 Å². The van der Waals surface area contributed by atoms with E-state index in [0.717, 1.165) is 0 Å². The van der Waals surface area contributed by atoms with Gasteiger partial charge in [-0.3, -0.25) is 0 Å². The second-order valence-corrected chi connectivity index (χ2v) is 19.2. The molecule has 0 saturated heterocycles. The van der Waals surface area contributed by atoms with E-state index in [2.05, 4.69) is 110 Å². The van der Waals surface area contributed by atoms with E-state index < -0.39 is 0 Å². The highest BCUT2D eigenvalue weighted by Crippen LogP contribution is 2.52. The van der Waals surface area contributed by atoms with Crippen LogP contribution in [0.4, 0.5) is 0 Å². The molecular weight excluding hydrogens is 721 g/mol. The quantitative estimate of drug-likeness (QED) is 0.0913. The number of benzene rings is 2. The van der Waals surface area contributed by atoms with E-state index in [1.54, 1.807) is 0 Å². The molecule has 0 amide bonds. The van der Waals surface area contributed by atoms with Gasteiger partial charge in [0.2, 0.25) is 0 Å². The van der Waals surface area contributed by atoms with Gasteiger partial charge in [0.1, 0.15) is 0 Å². The van der Waals surface area contributed by atoms with Crippen LogP contribution in [0.15, 0.2) is 95.7 Å². The van der Waals surface area contributed by atoms with E-state index in [9.17, 15) is 0 Å². The minimum atomic E-state index is 1.18. The number of hydrogen-bond donors (Lipinski definition) is 0. The Morgan fingerprint density at radius 3 is 1.18 bits per heavy atom. The fraction of sp³-hybridized carbons (Fsp3) is 0.273. The van der Waals surface area contributed by atoms with Gasteiger partial charge in [0, 0.05) is 50.8 Å². The van der Waals surface area contributed by atoms with Crippen LogP contribution in [-0.2, 0) is 12.8 Å². The first kappa shape index (κ1) is 34.3. The van der Waals surface area contributed by atoms with Gasteiger partial charge in [-0.25, -0.2) is 0 Å². The molecule has 254 valence electrons. The fourth-order valence-electron chi connectivity index (χ4n) is 7.02. The lowest BCUT2D eigenvalue weighted by Gasteiger charge is -2.03. The highest BCUT2D eigenvalue weighted by molar-refractivity contribution is 7.31. The lowest BCUT2D eigenvalue weighted by atomic mass is 10.0. The molecule has 0 atom stereocenters. The largest absolute Gasteiger partial charge is 0.143 e. The van der Waals surface area contributed by atoms with E-state index in [-0.39, 0.29) is 0 Å². The molecule has 0 unspecified atom stereocenters. The average Bonchev–Trinajstić information content (AvgIpc) is 3.99. The molecule has 0 aliphatic rings. The molecule has 0 saturated carbocycles. The Balaban J connectivity index is 1.09. The number of thiophene rings is 6. The number of aryl methyl sites for hydroxylation is 2. The molecule has 0 aliphatic heterocycles. The maximum Gasteiger partial charge on any atom is 0.0530 e. The monoisotopic (exact) mass is 762 g/mol. The van der Waals surface area contributed by atoms with Gasteiger partial charge >= 0.3 is 0 Å². The Morgan fingerprint density at radius 2 is 0.760 bits per heavy atom. The predicted octanol–water partition coefficient (Wildman–Crippen LogP) is 16.9. The van der Waals surface area contributed by atoms with Gasteiger partial charge in [-0.15, -0.1) is 68.0 Å². The zero-order chi connectivity index (χ0) is 33.9. The van der Waals surface area contributed by atoms with E-state index >= 15 is 0 Å². The molecule has 0 spiro atoms. The molecule has 0 radical (unpaired) electrons. The van der Waals surface area contributed by atoms with Crippen LogP contribution in [-0.4, -0.2) is 0 Å². The number of fused-ring (bicyclic) bond motifs is 2. The Morgan fingerprint density at radius 1 is 0.360 bits per heavy atom. The van der Waals surface area contributed by atoms with Crippen molar-refractivity contribution in [3.63, 3.8) is 0 Å². The molecule has 0 nitrogen and oxygen atoms in total. The standard InChI is InChI=1S/C44H42S6/c1-3-5-7-9-15-29-25-27-45-39(29)43-33-19-13-11-17-31(33)41(49-43)37-23-21-35(47-37)36-22-24-38(48-36)42-32-18-12-14-20-34(32)44(50-42)40-30(26-28-46-40)16-10-8-6-4-2/h11-14,17-28H,3-10,15-16H2,1-2H3. The third kappa shape index (κ3) is 6.88. The van der Waals surface area contributed by atoms with Crippen LogP contribution < -0.4 is 0 Å². The highest BCUT2D eigenvalue weighted by atomic mass is 32.1. The topological polar surface area (TPSA) is 0 Å². The van der Waals surface area contributed by atoms with Gasteiger partial charge in [-0.2, -0.15) is 0 Å². The van der Waals surface area contributed by atoms with Gasteiger partial charge < -0.3 is 0 Å². The summed E-state index contributed by atoms with van der Waals surface area (Å²) in [5, 5.41) is 10.2. The van der Waals surface area contributed by atoms with Gasteiger partial charge in [0.15, 0.2) is 0 Å². The van der Waals surface area contributed by atoms with Gasteiger partial charge in [0.25, 0.3) is 0 Å². The van der Waals surface area contributed by atoms with Crippen LogP contribution in [0.1, 0.15) is 76.3 Å². The van der Waals surface area contributed by atoms with E-state index in [1.807, 2.05) is 68.0 Å². The Hall–Kier alpha value is -2.84. The lowest BCUT2D eigenvalue weighted by Crippen LogP contribution is -1.85. The first-order chi connectivity index (χ1) is 24.7. The van der Waals surface area contributed by atoms with Crippen molar-refractivity contribution in [3.8, 4) is 48.8 Å². The summed E-state index contributed by atoms with van der Waals surface area (Å²) in [4.78, 5) is 14.1. The second kappa shape index (κ2) is 15.8. The zero-order valence-electron chi connectivity index (χ0n) is 28.8. The number of hydrogen-bond acceptors (Lipinski definition) is 6. The van der Waals surface area contributed by atoms with Crippen LogP contribution in [0, 0.1) is 0 Å². The Bertz CT molecular complexity index is 2160. The smallest absolute Gasteiger partial charge is 0.0530 e. The normalized spacial score (nSPS) is 11.8. The minimum Gasteiger partial charge on any atom is -0.143 e. The van der Waals surface area contributed by atoms with Crippen LogP contribution in [0.5, 0.6) is 0 Å². The summed E-state index contributed by atoms with van der Waals surface area (Å²) in [5.41, 5.74) is 3.04. The molecular formula is C44H42S6. The zero-order valence-corrected chi connectivity index (χ0v) is 33.7. The third-order valence-electron chi connectivity index (χ3n) is 9.65. The Kier molecular flexibility index (Phi) is 10.8. The molecule has 8 aromatic rings. The van der Waals surface area contributed by atoms with Gasteiger partial charge in [0.05, 0.1) is 19.5 Å². The molecule has 6 heteroatoms. The van der Waals surface area contributed by atoms with Crippen molar-refractivity contribution in [1.29, 1.82) is 0 Å². The SMILES string of the molecule is CCCCCCc1ccsc1-c1sc(-c2ccc(-c3ccc(-c4sc(-c5sccc5CCCCCC)c5ccccc45)s3)s2)c2ccccc12. The molecule has 0 aliphatic carbocycles. The second-order valence-electron chi connectivity index (χ2n) is 13.1. The highest BCUT2D eigenvalue weighted by Gasteiger charge is 2.21. The van der Waals surface area contributed by atoms with E-state index in [1.165, 1.54) is 146 Å². The van der Waals surface area contributed by atoms with Crippen LogP contribution in [0.3, 0.4) is 0 Å². The molecule has 0 fully saturated rings. The number of unbranched alkanes of at least 4 members (excludes halogenated alkanes) is 6. The van der Waals surface area contributed by atoms with Crippen LogP contribution in [0.25, 0.3) is 70.3 Å². The molecule has 8 rings (SSSR count). The summed E-state index contributed by atoms with van der Waals surface area (Å²) in [6, 6.07) is 32.3. The maximum atomic E-state index is 2.37. The third-order valence-corrected chi connectivity index (χ3v) is 17.1. The van der Waals surface area contributed by atoms with Crippen molar-refractivity contribution >= 4 is 89.6 Å². The first-order valence-electron chi connectivity index (χ1n) is 18.1. The summed E-state index contributed by atoms with van der Waals surface area (Å²) in [6.45, 7) is 4.59. The molecule has 6 aromatic heterocycles. The van der Waals surface area contributed by atoms with Crippen molar-refractivity contribution in [1.82, 2.24) is 0 Å². The minimum absolute atomic E-state index is 1.18. The number of rotatable bonds is 15. The summed E-state index contributed by atoms with van der Waals surface area (Å²) >= 11 is 11.7. The van der Waals surface area contributed by atoms with Crippen molar-refractivity contribution in [3.05, 3.63) is 107 Å².